The van der Waals surface area contributed by atoms with E-state index < -0.39 is 5.91 Å². The zero-order valence-corrected chi connectivity index (χ0v) is 8.97. The number of amides is 2. The number of carbonyl (C=O) groups excluding carboxylic acids is 2. The van der Waals surface area contributed by atoms with E-state index >= 15 is 0 Å². The van der Waals surface area contributed by atoms with Crippen LogP contribution in [-0.4, -0.2) is 37.1 Å². The molecule has 0 fully saturated rings. The Morgan fingerprint density at radius 2 is 2.40 bits per heavy atom. The fourth-order valence-corrected chi connectivity index (χ4v) is 1.50. The molecule has 1 aromatic heterocycles. The number of nitrogens with two attached hydrogens (primary N) is 1. The molecule has 0 aliphatic carbocycles. The molecule has 0 aliphatic rings. The minimum absolute atomic E-state index is 0.131. The Kier molecular flexibility index (Phi) is 4.19. The van der Waals surface area contributed by atoms with E-state index in [1.165, 1.54) is 5.38 Å². The van der Waals surface area contributed by atoms with E-state index in [9.17, 15) is 9.59 Å². The van der Waals surface area contributed by atoms with Gasteiger partial charge in [-0.15, -0.1) is 11.3 Å². The molecule has 1 heterocycles. The van der Waals surface area contributed by atoms with Crippen LogP contribution in [-0.2, 0) is 4.74 Å². The summed E-state index contributed by atoms with van der Waals surface area (Å²) >= 11 is 1.05. The van der Waals surface area contributed by atoms with Crippen LogP contribution >= 0.6 is 11.3 Å². The van der Waals surface area contributed by atoms with E-state index in [0.29, 0.717) is 13.2 Å². The molecule has 0 aliphatic heterocycles. The first-order chi connectivity index (χ1) is 7.15. The number of nitrogens with one attached hydrogen (secondary N) is 1. The predicted octanol–water partition coefficient (Wildman–Crippen LogP) is -0.382. The summed E-state index contributed by atoms with van der Waals surface area (Å²) in [5.74, 6) is -0.966. The van der Waals surface area contributed by atoms with Crippen molar-refractivity contribution in [3.63, 3.8) is 0 Å². The Morgan fingerprint density at radius 1 is 1.67 bits per heavy atom. The van der Waals surface area contributed by atoms with Crippen LogP contribution in [0, 0.1) is 0 Å². The van der Waals surface area contributed by atoms with Gasteiger partial charge in [0.1, 0.15) is 5.69 Å². The summed E-state index contributed by atoms with van der Waals surface area (Å²) in [5, 5.41) is 4.20. The van der Waals surface area contributed by atoms with Gasteiger partial charge in [-0.05, 0) is 0 Å². The standard InChI is InChI=1S/C8H11N3O3S/c1-14-3-2-10-7(13)5-4-15-8(11-5)6(9)12/h4H,2-3H2,1H3,(H2,9,12)(H,10,13). The smallest absolute Gasteiger partial charge is 0.277 e. The van der Waals surface area contributed by atoms with Crippen LogP contribution in [0.15, 0.2) is 5.38 Å². The lowest BCUT2D eigenvalue weighted by molar-refractivity contribution is 0.0933. The van der Waals surface area contributed by atoms with Gasteiger partial charge in [0.15, 0.2) is 5.01 Å². The quantitative estimate of drug-likeness (QED) is 0.673. The van der Waals surface area contributed by atoms with Crippen LogP contribution < -0.4 is 11.1 Å². The topological polar surface area (TPSA) is 94.3 Å². The number of rotatable bonds is 5. The number of methoxy groups -OCH3 is 1. The van der Waals surface area contributed by atoms with Crippen LogP contribution in [0.3, 0.4) is 0 Å². The minimum Gasteiger partial charge on any atom is -0.383 e. The molecule has 1 rings (SSSR count). The van der Waals surface area contributed by atoms with Crippen LogP contribution in [0.1, 0.15) is 20.3 Å². The van der Waals surface area contributed by atoms with Crippen molar-refractivity contribution in [2.45, 2.75) is 0 Å². The molecule has 82 valence electrons. The van der Waals surface area contributed by atoms with Gasteiger partial charge in [0, 0.05) is 19.0 Å². The molecule has 2 amide bonds. The Labute approximate surface area is 90.4 Å². The number of primary amides is 1. The summed E-state index contributed by atoms with van der Waals surface area (Å²) in [5.41, 5.74) is 5.21. The number of thiazole rings is 1. The summed E-state index contributed by atoms with van der Waals surface area (Å²) in [6, 6.07) is 0. The minimum atomic E-state index is -0.629. The third-order valence-electron chi connectivity index (χ3n) is 1.54. The second kappa shape index (κ2) is 5.42. The van der Waals surface area contributed by atoms with Crippen molar-refractivity contribution in [1.82, 2.24) is 10.3 Å². The first-order valence-corrected chi connectivity index (χ1v) is 5.05. The first-order valence-electron chi connectivity index (χ1n) is 4.17. The molecule has 0 radical (unpaired) electrons. The van der Waals surface area contributed by atoms with E-state index in [1.807, 2.05) is 0 Å². The van der Waals surface area contributed by atoms with E-state index in [0.717, 1.165) is 11.3 Å². The van der Waals surface area contributed by atoms with Gasteiger partial charge >= 0.3 is 0 Å². The molecular weight excluding hydrogens is 218 g/mol. The fraction of sp³-hybridized carbons (Fsp3) is 0.375. The second-order valence-electron chi connectivity index (χ2n) is 2.65. The number of nitrogens with zero attached hydrogens (tertiary/aromatic N) is 1. The van der Waals surface area contributed by atoms with Crippen LogP contribution in [0.5, 0.6) is 0 Å². The average molecular weight is 229 g/mol. The molecule has 3 N–H and O–H groups in total. The molecule has 0 aromatic carbocycles. The Balaban J connectivity index is 2.54. The molecule has 0 saturated heterocycles. The number of hydrogen-bond acceptors (Lipinski definition) is 5. The second-order valence-corrected chi connectivity index (χ2v) is 3.51. The first kappa shape index (κ1) is 11.6. The van der Waals surface area contributed by atoms with Gasteiger partial charge in [-0.25, -0.2) is 4.98 Å². The highest BCUT2D eigenvalue weighted by molar-refractivity contribution is 7.11. The van der Waals surface area contributed by atoms with E-state index in [1.54, 1.807) is 7.11 Å². The fourth-order valence-electron chi connectivity index (χ4n) is 0.848. The third kappa shape index (κ3) is 3.30. The van der Waals surface area contributed by atoms with Crippen molar-refractivity contribution >= 4 is 23.2 Å². The van der Waals surface area contributed by atoms with Crippen molar-refractivity contribution in [3.8, 4) is 0 Å². The van der Waals surface area contributed by atoms with Gasteiger partial charge in [0.25, 0.3) is 11.8 Å². The molecule has 6 nitrogen and oxygen atoms in total. The maximum atomic E-state index is 11.4. The van der Waals surface area contributed by atoms with Crippen molar-refractivity contribution < 1.29 is 14.3 Å². The molecule has 0 spiro atoms. The van der Waals surface area contributed by atoms with E-state index in [-0.39, 0.29) is 16.6 Å². The summed E-state index contributed by atoms with van der Waals surface area (Å²) < 4.78 is 4.76. The zero-order chi connectivity index (χ0) is 11.3. The maximum absolute atomic E-state index is 11.4. The lowest BCUT2D eigenvalue weighted by Crippen LogP contribution is -2.27. The molecule has 0 saturated carbocycles. The Bertz CT molecular complexity index is 364. The number of hydrogen-bond donors (Lipinski definition) is 2. The monoisotopic (exact) mass is 229 g/mol. The summed E-state index contributed by atoms with van der Waals surface area (Å²) in [6.07, 6.45) is 0. The molecule has 0 unspecified atom stereocenters. The lowest BCUT2D eigenvalue weighted by atomic mass is 10.4. The summed E-state index contributed by atoms with van der Waals surface area (Å²) in [6.45, 7) is 0.831. The highest BCUT2D eigenvalue weighted by atomic mass is 32.1. The van der Waals surface area contributed by atoms with Gasteiger partial charge in [0.2, 0.25) is 0 Å². The lowest BCUT2D eigenvalue weighted by Gasteiger charge is -2.00. The van der Waals surface area contributed by atoms with E-state index in [2.05, 4.69) is 10.3 Å². The predicted molar refractivity (Wildman–Crippen MR) is 54.8 cm³/mol. The van der Waals surface area contributed by atoms with Gasteiger partial charge in [-0.2, -0.15) is 0 Å². The normalized spacial score (nSPS) is 9.93. The maximum Gasteiger partial charge on any atom is 0.277 e. The number of carbonyl (C=O) groups is 2. The van der Waals surface area contributed by atoms with Gasteiger partial charge < -0.3 is 15.8 Å². The van der Waals surface area contributed by atoms with Gasteiger partial charge in [-0.3, -0.25) is 9.59 Å². The molecule has 15 heavy (non-hydrogen) atoms. The number of ether oxygens (including phenoxy) is 1. The van der Waals surface area contributed by atoms with Gasteiger partial charge in [0.05, 0.1) is 6.61 Å². The van der Waals surface area contributed by atoms with Crippen molar-refractivity contribution in [1.29, 1.82) is 0 Å². The van der Waals surface area contributed by atoms with Crippen LogP contribution in [0.2, 0.25) is 0 Å². The van der Waals surface area contributed by atoms with Gasteiger partial charge in [-0.1, -0.05) is 0 Å². The van der Waals surface area contributed by atoms with Crippen molar-refractivity contribution in [2.24, 2.45) is 5.73 Å². The Morgan fingerprint density at radius 3 is 2.93 bits per heavy atom. The van der Waals surface area contributed by atoms with E-state index in [4.69, 9.17) is 10.5 Å². The average Bonchev–Trinajstić information content (AvgIpc) is 2.66. The molecule has 0 atom stereocenters. The largest absolute Gasteiger partial charge is 0.383 e. The third-order valence-corrected chi connectivity index (χ3v) is 2.40. The van der Waals surface area contributed by atoms with Crippen molar-refractivity contribution in [3.05, 3.63) is 16.1 Å². The molecular formula is C8H11N3O3S. The molecule has 7 heteroatoms. The SMILES string of the molecule is COCCNC(=O)c1csc(C(N)=O)n1. The number of aromatic nitrogens is 1. The Hall–Kier alpha value is -1.47. The van der Waals surface area contributed by atoms with Crippen molar-refractivity contribution in [2.75, 3.05) is 20.3 Å². The molecule has 0 bridgehead atoms. The zero-order valence-electron chi connectivity index (χ0n) is 8.15. The summed E-state index contributed by atoms with van der Waals surface area (Å²) in [7, 11) is 1.54. The highest BCUT2D eigenvalue weighted by Gasteiger charge is 2.12. The van der Waals surface area contributed by atoms with Crippen LogP contribution in [0.25, 0.3) is 0 Å². The van der Waals surface area contributed by atoms with Crippen LogP contribution in [0.4, 0.5) is 0 Å². The summed E-state index contributed by atoms with van der Waals surface area (Å²) in [4.78, 5) is 25.9. The molecule has 1 aromatic rings. The highest BCUT2D eigenvalue weighted by Crippen LogP contribution is 2.08.